The number of pyridine rings is 1. The molecular formula is C11H13N3O3. The summed E-state index contributed by atoms with van der Waals surface area (Å²) in [6.07, 6.45) is 3.45. The van der Waals surface area contributed by atoms with Gasteiger partial charge in [0, 0.05) is 24.5 Å². The zero-order chi connectivity index (χ0) is 12.7. The Balaban J connectivity index is 2.83. The SMILES string of the molecule is C=CCN(C/C(=N/O)c1cccnc1)C(=O)O. The predicted octanol–water partition coefficient (Wildman–Crippen LogP) is 1.43. The van der Waals surface area contributed by atoms with Crippen molar-refractivity contribution in [2.45, 2.75) is 0 Å². The minimum Gasteiger partial charge on any atom is -0.465 e. The average molecular weight is 235 g/mol. The minimum atomic E-state index is -1.10. The van der Waals surface area contributed by atoms with Crippen LogP contribution in [-0.2, 0) is 0 Å². The van der Waals surface area contributed by atoms with Crippen molar-refractivity contribution in [2.24, 2.45) is 5.16 Å². The predicted molar refractivity (Wildman–Crippen MR) is 62.4 cm³/mol. The van der Waals surface area contributed by atoms with Crippen molar-refractivity contribution in [2.75, 3.05) is 13.1 Å². The normalized spacial score (nSPS) is 10.9. The van der Waals surface area contributed by atoms with E-state index in [1.807, 2.05) is 0 Å². The third kappa shape index (κ3) is 3.60. The van der Waals surface area contributed by atoms with Crippen molar-refractivity contribution in [3.8, 4) is 0 Å². The van der Waals surface area contributed by atoms with Crippen LogP contribution in [0.15, 0.2) is 42.3 Å². The zero-order valence-electron chi connectivity index (χ0n) is 9.15. The Morgan fingerprint density at radius 3 is 2.88 bits per heavy atom. The summed E-state index contributed by atoms with van der Waals surface area (Å²) in [5.74, 6) is 0. The summed E-state index contributed by atoms with van der Waals surface area (Å²) in [7, 11) is 0. The molecule has 0 radical (unpaired) electrons. The van der Waals surface area contributed by atoms with E-state index < -0.39 is 6.09 Å². The summed E-state index contributed by atoms with van der Waals surface area (Å²) < 4.78 is 0. The van der Waals surface area contributed by atoms with E-state index in [0.29, 0.717) is 5.56 Å². The fraction of sp³-hybridized carbons (Fsp3) is 0.182. The highest BCUT2D eigenvalue weighted by atomic mass is 16.4. The molecule has 1 amide bonds. The van der Waals surface area contributed by atoms with Gasteiger partial charge in [0.15, 0.2) is 0 Å². The lowest BCUT2D eigenvalue weighted by atomic mass is 10.1. The van der Waals surface area contributed by atoms with Crippen molar-refractivity contribution in [3.63, 3.8) is 0 Å². The van der Waals surface area contributed by atoms with Crippen LogP contribution in [0.3, 0.4) is 0 Å². The lowest BCUT2D eigenvalue weighted by Gasteiger charge is -2.17. The first kappa shape index (κ1) is 12.7. The molecule has 0 aliphatic rings. The maximum Gasteiger partial charge on any atom is 0.407 e. The molecular weight excluding hydrogens is 222 g/mol. The van der Waals surface area contributed by atoms with Gasteiger partial charge in [-0.2, -0.15) is 0 Å². The smallest absolute Gasteiger partial charge is 0.407 e. The lowest BCUT2D eigenvalue weighted by molar-refractivity contribution is 0.156. The molecule has 0 aliphatic heterocycles. The standard InChI is InChI=1S/C11H13N3O3/c1-2-6-14(11(15)16)8-10(13-17)9-4-3-5-12-7-9/h2-5,7,17H,1,6,8H2,(H,15,16)/b13-10-. The van der Waals surface area contributed by atoms with Gasteiger partial charge in [-0.25, -0.2) is 4.79 Å². The van der Waals surface area contributed by atoms with Crippen LogP contribution >= 0.6 is 0 Å². The van der Waals surface area contributed by atoms with Crippen LogP contribution in [0, 0.1) is 0 Å². The number of rotatable bonds is 5. The monoisotopic (exact) mass is 235 g/mol. The first-order chi connectivity index (χ1) is 8.19. The summed E-state index contributed by atoms with van der Waals surface area (Å²) in [4.78, 5) is 15.9. The summed E-state index contributed by atoms with van der Waals surface area (Å²) in [5, 5.41) is 20.9. The second kappa shape index (κ2) is 6.26. The molecule has 17 heavy (non-hydrogen) atoms. The number of hydrogen-bond donors (Lipinski definition) is 2. The topological polar surface area (TPSA) is 86.0 Å². The maximum atomic E-state index is 10.9. The van der Waals surface area contributed by atoms with E-state index in [2.05, 4.69) is 16.7 Å². The van der Waals surface area contributed by atoms with Gasteiger partial charge in [-0.15, -0.1) is 6.58 Å². The van der Waals surface area contributed by atoms with E-state index in [-0.39, 0.29) is 18.8 Å². The fourth-order valence-electron chi connectivity index (χ4n) is 1.26. The second-order valence-corrected chi connectivity index (χ2v) is 3.24. The summed E-state index contributed by atoms with van der Waals surface area (Å²) >= 11 is 0. The molecule has 6 heteroatoms. The highest BCUT2D eigenvalue weighted by Gasteiger charge is 2.15. The largest absolute Gasteiger partial charge is 0.465 e. The average Bonchev–Trinajstić information content (AvgIpc) is 2.35. The van der Waals surface area contributed by atoms with Crippen molar-refractivity contribution < 1.29 is 15.1 Å². The van der Waals surface area contributed by atoms with Gasteiger partial charge in [0.1, 0.15) is 5.71 Å². The molecule has 0 saturated carbocycles. The summed E-state index contributed by atoms with van der Waals surface area (Å²) in [6.45, 7) is 3.61. The van der Waals surface area contributed by atoms with E-state index in [9.17, 15) is 4.79 Å². The van der Waals surface area contributed by atoms with Crippen LogP contribution in [0.5, 0.6) is 0 Å². The summed E-state index contributed by atoms with van der Waals surface area (Å²) in [5.41, 5.74) is 0.813. The third-order valence-corrected chi connectivity index (χ3v) is 2.08. The van der Waals surface area contributed by atoms with Gasteiger partial charge in [0.2, 0.25) is 0 Å². The molecule has 0 unspecified atom stereocenters. The molecule has 1 rings (SSSR count). The van der Waals surface area contributed by atoms with Gasteiger partial charge >= 0.3 is 6.09 Å². The Morgan fingerprint density at radius 1 is 1.65 bits per heavy atom. The Morgan fingerprint density at radius 2 is 2.41 bits per heavy atom. The number of amides is 1. The van der Waals surface area contributed by atoms with Gasteiger partial charge in [0.05, 0.1) is 6.54 Å². The maximum absolute atomic E-state index is 10.9. The van der Waals surface area contributed by atoms with Gasteiger partial charge in [-0.3, -0.25) is 9.88 Å². The second-order valence-electron chi connectivity index (χ2n) is 3.24. The molecule has 0 bridgehead atoms. The fourth-order valence-corrected chi connectivity index (χ4v) is 1.26. The van der Waals surface area contributed by atoms with Gasteiger partial charge in [-0.1, -0.05) is 11.2 Å². The first-order valence-electron chi connectivity index (χ1n) is 4.89. The zero-order valence-corrected chi connectivity index (χ0v) is 9.15. The molecule has 2 N–H and O–H groups in total. The van der Waals surface area contributed by atoms with Gasteiger partial charge in [0.25, 0.3) is 0 Å². The van der Waals surface area contributed by atoms with Crippen molar-refractivity contribution >= 4 is 11.8 Å². The minimum absolute atomic E-state index is 0.0243. The highest BCUT2D eigenvalue weighted by Crippen LogP contribution is 2.02. The number of nitrogens with zero attached hydrogens (tertiary/aromatic N) is 3. The van der Waals surface area contributed by atoms with E-state index >= 15 is 0 Å². The quantitative estimate of drug-likeness (QED) is 0.350. The molecule has 0 atom stereocenters. The number of carboxylic acid groups (broad SMARTS) is 1. The highest BCUT2D eigenvalue weighted by molar-refractivity contribution is 6.02. The molecule has 0 spiro atoms. The molecule has 0 aliphatic carbocycles. The van der Waals surface area contributed by atoms with Crippen molar-refractivity contribution in [1.82, 2.24) is 9.88 Å². The Bertz CT molecular complexity index is 417. The lowest BCUT2D eigenvalue weighted by Crippen LogP contribution is -2.35. The van der Waals surface area contributed by atoms with Gasteiger partial charge < -0.3 is 10.3 Å². The summed E-state index contributed by atoms with van der Waals surface area (Å²) in [6, 6.07) is 3.37. The molecule has 6 nitrogen and oxygen atoms in total. The van der Waals surface area contributed by atoms with E-state index in [4.69, 9.17) is 10.3 Å². The molecule has 1 heterocycles. The van der Waals surface area contributed by atoms with E-state index in [1.54, 1.807) is 18.3 Å². The van der Waals surface area contributed by atoms with Crippen LogP contribution < -0.4 is 0 Å². The third-order valence-electron chi connectivity index (χ3n) is 2.08. The van der Waals surface area contributed by atoms with Crippen LogP contribution in [-0.4, -0.2) is 45.1 Å². The van der Waals surface area contributed by atoms with E-state index in [0.717, 1.165) is 4.90 Å². The Labute approximate surface area is 98.5 Å². The molecule has 1 aromatic heterocycles. The molecule has 0 fully saturated rings. The Hall–Kier alpha value is -2.37. The number of aromatic nitrogens is 1. The number of hydrogen-bond acceptors (Lipinski definition) is 4. The van der Waals surface area contributed by atoms with Crippen LogP contribution in [0.1, 0.15) is 5.56 Å². The van der Waals surface area contributed by atoms with Crippen LogP contribution in [0.2, 0.25) is 0 Å². The molecule has 1 aromatic rings. The molecule has 90 valence electrons. The number of carbonyl (C=O) groups is 1. The first-order valence-corrected chi connectivity index (χ1v) is 4.89. The van der Waals surface area contributed by atoms with Crippen LogP contribution in [0.25, 0.3) is 0 Å². The van der Waals surface area contributed by atoms with Crippen molar-refractivity contribution in [3.05, 3.63) is 42.7 Å². The van der Waals surface area contributed by atoms with Crippen LogP contribution in [0.4, 0.5) is 4.79 Å². The number of oxime groups is 1. The Kier molecular flexibility index (Phi) is 4.68. The van der Waals surface area contributed by atoms with Crippen molar-refractivity contribution in [1.29, 1.82) is 0 Å². The molecule has 0 saturated heterocycles. The van der Waals surface area contributed by atoms with Gasteiger partial charge in [-0.05, 0) is 12.1 Å². The van der Waals surface area contributed by atoms with E-state index in [1.165, 1.54) is 12.3 Å². The molecule has 0 aromatic carbocycles.